The van der Waals surface area contributed by atoms with E-state index in [2.05, 4.69) is 16.0 Å². The van der Waals surface area contributed by atoms with Crippen molar-refractivity contribution in [2.45, 2.75) is 43.4 Å². The number of benzene rings is 1. The van der Waals surface area contributed by atoms with Crippen LogP contribution in [0.15, 0.2) is 30.3 Å². The van der Waals surface area contributed by atoms with Crippen molar-refractivity contribution in [2.75, 3.05) is 18.6 Å². The minimum Gasteiger partial charge on any atom is -0.480 e. The van der Waals surface area contributed by atoms with Gasteiger partial charge >= 0.3 is 5.97 Å². The van der Waals surface area contributed by atoms with Gasteiger partial charge in [-0.15, -0.1) is 0 Å². The molecular weight excluding hydrogens is 466 g/mol. The smallest absolute Gasteiger partial charge is 0.326 e. The van der Waals surface area contributed by atoms with Crippen LogP contribution in [0, 0.1) is 0 Å². The van der Waals surface area contributed by atoms with Crippen LogP contribution in [0.3, 0.4) is 0 Å². The quantitative estimate of drug-likeness (QED) is 0.139. The van der Waals surface area contributed by atoms with E-state index in [1.807, 2.05) is 6.26 Å². The highest BCUT2D eigenvalue weighted by Gasteiger charge is 2.30. The van der Waals surface area contributed by atoms with Crippen molar-refractivity contribution in [3.63, 3.8) is 0 Å². The summed E-state index contributed by atoms with van der Waals surface area (Å²) in [6.07, 6.45) is 1.67. The Kier molecular flexibility index (Phi) is 12.6. The minimum absolute atomic E-state index is 0.0762. The minimum atomic E-state index is -1.63. The Balaban J connectivity index is 2.96. The number of rotatable bonds is 15. The standard InChI is InChI=1S/C21H31N5O7S/c1-34-8-7-13(22)18(29)24-14(9-12-5-3-2-4-6-12)19(30)26-16(11-27)20(31)25-15(21(32)33)10-17(23)28/h2-6,13-16,27H,7-11,22H2,1H3,(H2,23,28)(H,24,29)(H,25,31)(H,26,30)(H,32,33). The fraction of sp³-hybridized carbons (Fsp3) is 0.476. The second kappa shape index (κ2) is 14.9. The number of hydrogen-bond donors (Lipinski definition) is 7. The number of carboxylic acid groups (broad SMARTS) is 1. The number of nitrogens with two attached hydrogens (primary N) is 2. The van der Waals surface area contributed by atoms with Crippen LogP contribution in [0.5, 0.6) is 0 Å². The molecule has 188 valence electrons. The molecule has 0 aliphatic rings. The number of aliphatic hydroxyl groups is 1. The highest BCUT2D eigenvalue weighted by atomic mass is 32.2. The van der Waals surface area contributed by atoms with Gasteiger partial charge in [-0.3, -0.25) is 19.2 Å². The number of thioether (sulfide) groups is 1. The maximum Gasteiger partial charge on any atom is 0.326 e. The molecular formula is C21H31N5O7S. The normalized spacial score (nSPS) is 14.2. The Morgan fingerprint density at radius 1 is 0.941 bits per heavy atom. The molecule has 1 rings (SSSR count). The molecule has 0 heterocycles. The van der Waals surface area contributed by atoms with Gasteiger partial charge in [0.1, 0.15) is 18.1 Å². The van der Waals surface area contributed by atoms with Gasteiger partial charge in [0.15, 0.2) is 0 Å². The van der Waals surface area contributed by atoms with E-state index >= 15 is 0 Å². The Labute approximate surface area is 201 Å². The molecule has 0 fully saturated rings. The van der Waals surface area contributed by atoms with E-state index < -0.39 is 66.8 Å². The monoisotopic (exact) mass is 497 g/mol. The van der Waals surface area contributed by atoms with Gasteiger partial charge in [-0.2, -0.15) is 11.8 Å². The van der Waals surface area contributed by atoms with Crippen molar-refractivity contribution in [2.24, 2.45) is 11.5 Å². The lowest BCUT2D eigenvalue weighted by Gasteiger charge is -2.24. The molecule has 0 saturated heterocycles. The number of amides is 4. The molecule has 4 unspecified atom stereocenters. The van der Waals surface area contributed by atoms with E-state index in [1.54, 1.807) is 30.3 Å². The third-order valence-electron chi connectivity index (χ3n) is 4.72. The molecule has 0 aromatic heterocycles. The number of carbonyl (C=O) groups excluding carboxylic acids is 4. The summed E-state index contributed by atoms with van der Waals surface area (Å²) in [6, 6.07) is 3.64. The second-order valence-corrected chi connectivity index (χ2v) is 8.44. The summed E-state index contributed by atoms with van der Waals surface area (Å²) in [5.74, 6) is -4.20. The zero-order valence-corrected chi connectivity index (χ0v) is 19.5. The molecule has 4 atom stereocenters. The summed E-state index contributed by atoms with van der Waals surface area (Å²) < 4.78 is 0. The van der Waals surface area contributed by atoms with Gasteiger partial charge in [-0.25, -0.2) is 4.79 Å². The fourth-order valence-electron chi connectivity index (χ4n) is 2.85. The van der Waals surface area contributed by atoms with Crippen molar-refractivity contribution in [3.8, 4) is 0 Å². The molecule has 0 bridgehead atoms. The first-order chi connectivity index (χ1) is 16.1. The van der Waals surface area contributed by atoms with E-state index in [9.17, 15) is 29.1 Å². The first kappa shape index (κ1) is 28.9. The molecule has 1 aromatic rings. The van der Waals surface area contributed by atoms with E-state index in [1.165, 1.54) is 11.8 Å². The van der Waals surface area contributed by atoms with Crippen LogP contribution in [0.25, 0.3) is 0 Å². The first-order valence-corrected chi connectivity index (χ1v) is 11.8. The molecule has 13 heteroatoms. The number of aliphatic carboxylic acids is 1. The van der Waals surface area contributed by atoms with Crippen LogP contribution >= 0.6 is 11.8 Å². The average molecular weight is 498 g/mol. The van der Waals surface area contributed by atoms with Crippen LogP contribution in [-0.4, -0.2) is 82.6 Å². The number of aliphatic hydroxyl groups excluding tert-OH is 1. The van der Waals surface area contributed by atoms with Crippen LogP contribution in [0.4, 0.5) is 0 Å². The number of hydrogen-bond acceptors (Lipinski definition) is 8. The molecule has 34 heavy (non-hydrogen) atoms. The average Bonchev–Trinajstić information content (AvgIpc) is 2.79. The van der Waals surface area contributed by atoms with Crippen molar-refractivity contribution in [1.82, 2.24) is 16.0 Å². The van der Waals surface area contributed by atoms with Gasteiger partial charge in [0, 0.05) is 6.42 Å². The van der Waals surface area contributed by atoms with Crippen molar-refractivity contribution in [1.29, 1.82) is 0 Å². The maximum absolute atomic E-state index is 12.9. The summed E-state index contributed by atoms with van der Waals surface area (Å²) >= 11 is 1.52. The Morgan fingerprint density at radius 2 is 1.50 bits per heavy atom. The Hall–Kier alpha value is -3.16. The highest BCUT2D eigenvalue weighted by Crippen LogP contribution is 2.06. The predicted octanol–water partition coefficient (Wildman–Crippen LogP) is -2.28. The van der Waals surface area contributed by atoms with Gasteiger partial charge in [0.2, 0.25) is 23.6 Å². The highest BCUT2D eigenvalue weighted by molar-refractivity contribution is 7.98. The summed E-state index contributed by atoms with van der Waals surface area (Å²) in [7, 11) is 0. The summed E-state index contributed by atoms with van der Waals surface area (Å²) in [4.78, 5) is 60.1. The van der Waals surface area contributed by atoms with Crippen molar-refractivity contribution >= 4 is 41.4 Å². The largest absolute Gasteiger partial charge is 0.480 e. The summed E-state index contributed by atoms with van der Waals surface area (Å²) in [5.41, 5.74) is 11.6. The zero-order valence-electron chi connectivity index (χ0n) is 18.7. The molecule has 0 radical (unpaired) electrons. The van der Waals surface area contributed by atoms with E-state index in [0.29, 0.717) is 12.2 Å². The third-order valence-corrected chi connectivity index (χ3v) is 5.36. The SMILES string of the molecule is CSCCC(N)C(=O)NC(Cc1ccccc1)C(=O)NC(CO)C(=O)NC(CC(N)=O)C(=O)O. The molecule has 0 saturated carbocycles. The number of primary amides is 1. The number of carbonyl (C=O) groups is 5. The van der Waals surface area contributed by atoms with Crippen LogP contribution < -0.4 is 27.4 Å². The molecule has 4 amide bonds. The molecule has 0 aliphatic carbocycles. The third kappa shape index (κ3) is 10.2. The predicted molar refractivity (Wildman–Crippen MR) is 125 cm³/mol. The maximum atomic E-state index is 12.9. The van der Waals surface area contributed by atoms with E-state index in [0.717, 1.165) is 5.56 Å². The number of nitrogens with one attached hydrogen (secondary N) is 3. The van der Waals surface area contributed by atoms with Gasteiger partial charge in [0.05, 0.1) is 19.1 Å². The topological polar surface area (TPSA) is 214 Å². The first-order valence-electron chi connectivity index (χ1n) is 10.4. The van der Waals surface area contributed by atoms with Crippen LogP contribution in [-0.2, 0) is 30.4 Å². The van der Waals surface area contributed by atoms with Gasteiger partial charge < -0.3 is 37.6 Å². The van der Waals surface area contributed by atoms with Crippen LogP contribution in [0.2, 0.25) is 0 Å². The lowest BCUT2D eigenvalue weighted by Crippen LogP contribution is -2.58. The van der Waals surface area contributed by atoms with Crippen molar-refractivity contribution < 1.29 is 34.2 Å². The Morgan fingerprint density at radius 3 is 2.03 bits per heavy atom. The van der Waals surface area contributed by atoms with Gasteiger partial charge in [-0.1, -0.05) is 30.3 Å². The molecule has 9 N–H and O–H groups in total. The summed E-state index contributed by atoms with van der Waals surface area (Å²) in [6.45, 7) is -0.861. The lowest BCUT2D eigenvalue weighted by molar-refractivity contribution is -0.144. The summed E-state index contributed by atoms with van der Waals surface area (Å²) in [5, 5.41) is 25.7. The van der Waals surface area contributed by atoms with E-state index in [4.69, 9.17) is 16.6 Å². The zero-order chi connectivity index (χ0) is 25.7. The van der Waals surface area contributed by atoms with Crippen LogP contribution in [0.1, 0.15) is 18.4 Å². The Bertz CT molecular complexity index is 855. The molecule has 1 aromatic carbocycles. The van der Waals surface area contributed by atoms with Crippen molar-refractivity contribution in [3.05, 3.63) is 35.9 Å². The molecule has 12 nitrogen and oxygen atoms in total. The van der Waals surface area contributed by atoms with Gasteiger partial charge in [-0.05, 0) is 24.0 Å². The van der Waals surface area contributed by atoms with Gasteiger partial charge in [0.25, 0.3) is 0 Å². The van der Waals surface area contributed by atoms with E-state index in [-0.39, 0.29) is 6.42 Å². The molecule has 0 spiro atoms. The number of carboxylic acids is 1. The molecule has 0 aliphatic heterocycles. The fourth-order valence-corrected chi connectivity index (χ4v) is 3.34. The lowest BCUT2D eigenvalue weighted by atomic mass is 10.0. The second-order valence-electron chi connectivity index (χ2n) is 7.45.